The zero-order valence-electron chi connectivity index (χ0n) is 13.2. The smallest absolute Gasteiger partial charge is 0.302 e. The second kappa shape index (κ2) is 10.8. The molecular formula is C17H30O2. The van der Waals surface area contributed by atoms with Crippen LogP contribution in [0.25, 0.3) is 0 Å². The van der Waals surface area contributed by atoms with Gasteiger partial charge < -0.3 is 4.74 Å². The lowest BCUT2D eigenvalue weighted by atomic mass is 9.96. The van der Waals surface area contributed by atoms with Gasteiger partial charge in [-0.15, -0.1) is 0 Å². The zero-order valence-corrected chi connectivity index (χ0v) is 13.2. The van der Waals surface area contributed by atoms with Gasteiger partial charge in [-0.3, -0.25) is 4.79 Å². The fourth-order valence-corrected chi connectivity index (χ4v) is 1.87. The average molecular weight is 266 g/mol. The molecule has 2 unspecified atom stereocenters. The van der Waals surface area contributed by atoms with Gasteiger partial charge in [0.1, 0.15) is 0 Å². The molecule has 2 nitrogen and oxygen atoms in total. The molecule has 0 amide bonds. The summed E-state index contributed by atoms with van der Waals surface area (Å²) in [5, 5.41) is 0. The van der Waals surface area contributed by atoms with Crippen LogP contribution in [0.15, 0.2) is 23.8 Å². The third-order valence-corrected chi connectivity index (χ3v) is 3.14. The van der Waals surface area contributed by atoms with Gasteiger partial charge in [0.25, 0.3) is 0 Å². The van der Waals surface area contributed by atoms with E-state index in [2.05, 4.69) is 45.9 Å². The summed E-state index contributed by atoms with van der Waals surface area (Å²) in [5.41, 5.74) is 1.34. The second-order valence-corrected chi connectivity index (χ2v) is 5.77. The molecule has 0 aliphatic heterocycles. The van der Waals surface area contributed by atoms with Crippen LogP contribution in [0, 0.1) is 11.8 Å². The Morgan fingerprint density at radius 2 is 1.79 bits per heavy atom. The maximum atomic E-state index is 10.6. The molecule has 2 atom stereocenters. The molecule has 0 aromatic carbocycles. The van der Waals surface area contributed by atoms with Crippen molar-refractivity contribution in [2.45, 2.75) is 60.3 Å². The van der Waals surface area contributed by atoms with Crippen molar-refractivity contribution in [3.8, 4) is 0 Å². The van der Waals surface area contributed by atoms with Gasteiger partial charge in [-0.25, -0.2) is 0 Å². The molecule has 0 saturated carbocycles. The maximum Gasteiger partial charge on any atom is 0.302 e. The SMILES string of the molecule is CC(=O)OCCC(C)CCCC(C)/C=C/C=C(C)C. The van der Waals surface area contributed by atoms with Gasteiger partial charge in [-0.05, 0) is 38.5 Å². The van der Waals surface area contributed by atoms with Crippen LogP contribution in [-0.4, -0.2) is 12.6 Å². The minimum absolute atomic E-state index is 0.176. The first-order valence-corrected chi connectivity index (χ1v) is 7.37. The predicted octanol–water partition coefficient (Wildman–Crippen LogP) is 4.90. The molecule has 0 aliphatic carbocycles. The summed E-state index contributed by atoms with van der Waals surface area (Å²) in [5.74, 6) is 1.09. The van der Waals surface area contributed by atoms with Crippen LogP contribution < -0.4 is 0 Å². The number of rotatable bonds is 9. The van der Waals surface area contributed by atoms with Crippen LogP contribution in [0.2, 0.25) is 0 Å². The Bertz CT molecular complexity index is 298. The van der Waals surface area contributed by atoms with E-state index in [-0.39, 0.29) is 5.97 Å². The van der Waals surface area contributed by atoms with E-state index < -0.39 is 0 Å². The van der Waals surface area contributed by atoms with E-state index in [0.29, 0.717) is 18.4 Å². The molecule has 110 valence electrons. The van der Waals surface area contributed by atoms with Crippen LogP contribution in [0.4, 0.5) is 0 Å². The van der Waals surface area contributed by atoms with E-state index in [1.54, 1.807) is 0 Å². The Balaban J connectivity index is 3.63. The predicted molar refractivity (Wildman–Crippen MR) is 82.0 cm³/mol. The molecule has 0 aromatic heterocycles. The third kappa shape index (κ3) is 13.2. The molecule has 0 aromatic rings. The van der Waals surface area contributed by atoms with Crippen molar-refractivity contribution in [2.75, 3.05) is 6.61 Å². The maximum absolute atomic E-state index is 10.6. The summed E-state index contributed by atoms with van der Waals surface area (Å²) in [6.07, 6.45) is 11.2. The Labute approximate surface area is 118 Å². The first-order valence-electron chi connectivity index (χ1n) is 7.37. The summed E-state index contributed by atoms with van der Waals surface area (Å²) >= 11 is 0. The van der Waals surface area contributed by atoms with Gasteiger partial charge in [0.2, 0.25) is 0 Å². The van der Waals surface area contributed by atoms with Crippen LogP contribution in [-0.2, 0) is 9.53 Å². The van der Waals surface area contributed by atoms with Crippen molar-refractivity contribution in [1.82, 2.24) is 0 Å². The molecule has 0 aliphatic rings. The second-order valence-electron chi connectivity index (χ2n) is 5.77. The minimum Gasteiger partial charge on any atom is -0.466 e. The Morgan fingerprint density at radius 1 is 1.11 bits per heavy atom. The van der Waals surface area contributed by atoms with Crippen LogP contribution in [0.3, 0.4) is 0 Å². The Kier molecular flexibility index (Phi) is 10.2. The van der Waals surface area contributed by atoms with Crippen molar-refractivity contribution >= 4 is 5.97 Å². The first-order chi connectivity index (χ1) is 8.91. The Hall–Kier alpha value is -1.05. The highest BCUT2D eigenvalue weighted by Crippen LogP contribution is 2.16. The zero-order chi connectivity index (χ0) is 14.7. The fraction of sp³-hybridized carbons (Fsp3) is 0.706. The highest BCUT2D eigenvalue weighted by molar-refractivity contribution is 5.65. The Morgan fingerprint density at radius 3 is 2.37 bits per heavy atom. The molecule has 0 rings (SSSR count). The van der Waals surface area contributed by atoms with Crippen LogP contribution in [0.1, 0.15) is 60.3 Å². The van der Waals surface area contributed by atoms with Crippen molar-refractivity contribution in [3.05, 3.63) is 23.8 Å². The number of hydrogen-bond acceptors (Lipinski definition) is 2. The number of carbonyl (C=O) groups is 1. The topological polar surface area (TPSA) is 26.3 Å². The highest BCUT2D eigenvalue weighted by atomic mass is 16.5. The van der Waals surface area contributed by atoms with Crippen molar-refractivity contribution in [1.29, 1.82) is 0 Å². The van der Waals surface area contributed by atoms with Gasteiger partial charge >= 0.3 is 5.97 Å². The largest absolute Gasteiger partial charge is 0.466 e. The van der Waals surface area contributed by atoms with E-state index >= 15 is 0 Å². The van der Waals surface area contributed by atoms with E-state index in [1.807, 2.05) is 0 Å². The summed E-state index contributed by atoms with van der Waals surface area (Å²) in [4.78, 5) is 10.6. The normalized spacial score (nSPS) is 14.2. The lowest BCUT2D eigenvalue weighted by molar-refractivity contribution is -0.141. The van der Waals surface area contributed by atoms with Gasteiger partial charge in [-0.2, -0.15) is 0 Å². The fourth-order valence-electron chi connectivity index (χ4n) is 1.87. The third-order valence-electron chi connectivity index (χ3n) is 3.14. The molecule has 0 saturated heterocycles. The van der Waals surface area contributed by atoms with Gasteiger partial charge in [0.05, 0.1) is 6.61 Å². The van der Waals surface area contributed by atoms with E-state index in [1.165, 1.54) is 31.8 Å². The summed E-state index contributed by atoms with van der Waals surface area (Å²) in [6, 6.07) is 0. The van der Waals surface area contributed by atoms with Gasteiger partial charge in [0.15, 0.2) is 0 Å². The van der Waals surface area contributed by atoms with E-state index in [0.717, 1.165) is 6.42 Å². The summed E-state index contributed by atoms with van der Waals surface area (Å²) in [7, 11) is 0. The molecular weight excluding hydrogens is 236 g/mol. The van der Waals surface area contributed by atoms with E-state index in [4.69, 9.17) is 4.74 Å². The standard InChI is InChI=1S/C17H30O2/c1-14(2)8-6-9-15(3)10-7-11-16(4)12-13-19-17(5)18/h6,8-9,15-16H,7,10-13H2,1-5H3/b9-6+. The highest BCUT2D eigenvalue weighted by Gasteiger charge is 2.04. The molecule has 0 spiro atoms. The van der Waals surface area contributed by atoms with Crippen LogP contribution >= 0.6 is 0 Å². The summed E-state index contributed by atoms with van der Waals surface area (Å²) in [6.45, 7) is 10.7. The van der Waals surface area contributed by atoms with Crippen molar-refractivity contribution in [2.24, 2.45) is 11.8 Å². The number of hydrogen-bond donors (Lipinski definition) is 0. The molecule has 2 heteroatoms. The molecule has 0 N–H and O–H groups in total. The number of esters is 1. The monoisotopic (exact) mass is 266 g/mol. The van der Waals surface area contributed by atoms with Gasteiger partial charge in [-0.1, -0.05) is 50.5 Å². The first kappa shape index (κ1) is 17.9. The van der Waals surface area contributed by atoms with Crippen molar-refractivity contribution in [3.63, 3.8) is 0 Å². The molecule has 0 radical (unpaired) electrons. The number of allylic oxidation sites excluding steroid dienone is 4. The molecule has 0 fully saturated rings. The van der Waals surface area contributed by atoms with Gasteiger partial charge in [0, 0.05) is 6.92 Å². The lowest BCUT2D eigenvalue weighted by Gasteiger charge is -2.12. The number of ether oxygens (including phenoxy) is 1. The summed E-state index contributed by atoms with van der Waals surface area (Å²) < 4.78 is 4.96. The molecule has 0 heterocycles. The average Bonchev–Trinajstić information content (AvgIpc) is 2.27. The lowest BCUT2D eigenvalue weighted by Crippen LogP contribution is -2.05. The minimum atomic E-state index is -0.176. The van der Waals surface area contributed by atoms with Crippen LogP contribution in [0.5, 0.6) is 0 Å². The quantitative estimate of drug-likeness (QED) is 0.438. The molecule has 19 heavy (non-hydrogen) atoms. The van der Waals surface area contributed by atoms with Crippen molar-refractivity contribution < 1.29 is 9.53 Å². The number of carbonyl (C=O) groups excluding carboxylic acids is 1. The molecule has 0 bridgehead atoms. The van der Waals surface area contributed by atoms with E-state index in [9.17, 15) is 4.79 Å².